The van der Waals surface area contributed by atoms with Crippen LogP contribution in [0.15, 0.2) is 12.2 Å². The highest BCUT2D eigenvalue weighted by atomic mass is 79.9. The van der Waals surface area contributed by atoms with E-state index in [1.165, 1.54) is 44.9 Å². The van der Waals surface area contributed by atoms with Crippen LogP contribution in [0.25, 0.3) is 0 Å². The Kier molecular flexibility index (Phi) is 3.62. The van der Waals surface area contributed by atoms with Gasteiger partial charge in [0.25, 0.3) is 0 Å². The minimum Gasteiger partial charge on any atom is -0.346 e. The van der Waals surface area contributed by atoms with Crippen molar-refractivity contribution < 1.29 is 9.47 Å². The SMILES string of the molecule is C[C@]12CC=CC[C@@H]1CC[C@H]1[C@@H]2CC[C@]2(C)[C@H]1C[C@@H](Br)C21OCCO1. The van der Waals surface area contributed by atoms with Crippen LogP contribution in [0.2, 0.25) is 0 Å². The van der Waals surface area contributed by atoms with Gasteiger partial charge >= 0.3 is 0 Å². The number of alkyl halides is 1. The lowest BCUT2D eigenvalue weighted by Gasteiger charge is -2.60. The Morgan fingerprint density at radius 1 is 1.00 bits per heavy atom. The Morgan fingerprint density at radius 3 is 2.58 bits per heavy atom. The van der Waals surface area contributed by atoms with Crippen LogP contribution >= 0.6 is 15.9 Å². The van der Waals surface area contributed by atoms with E-state index >= 15 is 0 Å². The molecule has 1 spiro atoms. The van der Waals surface area contributed by atoms with E-state index in [0.29, 0.717) is 10.2 Å². The van der Waals surface area contributed by atoms with Gasteiger partial charge in [0.15, 0.2) is 5.79 Å². The van der Waals surface area contributed by atoms with Gasteiger partial charge in [-0.15, -0.1) is 0 Å². The van der Waals surface area contributed by atoms with Crippen molar-refractivity contribution in [1.29, 1.82) is 0 Å². The second kappa shape index (κ2) is 5.33. The summed E-state index contributed by atoms with van der Waals surface area (Å²) in [5, 5.41) is 0. The van der Waals surface area contributed by atoms with Crippen LogP contribution in [0.1, 0.15) is 58.8 Å². The predicted molar refractivity (Wildman–Crippen MR) is 99.0 cm³/mol. The standard InChI is InChI=1S/C21H31BrO2/c1-19-9-4-3-5-14(19)6-7-15-16(19)8-10-20(2)17(15)13-18(22)21(20)23-11-12-24-21/h3-4,14-18H,5-13H2,1-2H3/t14-,15+,16+,17+,18-,19+,20-/m1/s1. The normalized spacial score (nSPS) is 55.2. The van der Waals surface area contributed by atoms with Crippen molar-refractivity contribution in [1.82, 2.24) is 0 Å². The molecule has 0 aromatic heterocycles. The number of ether oxygens (including phenoxy) is 2. The summed E-state index contributed by atoms with van der Waals surface area (Å²) in [5.41, 5.74) is 0.723. The molecule has 0 aromatic rings. The summed E-state index contributed by atoms with van der Waals surface area (Å²) >= 11 is 3.99. The zero-order valence-corrected chi connectivity index (χ0v) is 16.7. The molecule has 2 nitrogen and oxygen atoms in total. The van der Waals surface area contributed by atoms with E-state index in [-0.39, 0.29) is 11.2 Å². The molecule has 0 N–H and O–H groups in total. The zero-order chi connectivity index (χ0) is 16.6. The molecule has 0 unspecified atom stereocenters. The number of hydrogen-bond donors (Lipinski definition) is 0. The third kappa shape index (κ3) is 1.85. The first-order chi connectivity index (χ1) is 11.5. The molecule has 5 aliphatic rings. The van der Waals surface area contributed by atoms with Gasteiger partial charge in [0.05, 0.1) is 18.0 Å². The number of allylic oxidation sites excluding steroid dienone is 2. The first-order valence-electron chi connectivity index (χ1n) is 10.1. The quantitative estimate of drug-likeness (QED) is 0.409. The van der Waals surface area contributed by atoms with Crippen LogP contribution in [0.4, 0.5) is 0 Å². The molecular weight excluding hydrogens is 364 g/mol. The van der Waals surface area contributed by atoms with Crippen LogP contribution < -0.4 is 0 Å². The Bertz CT molecular complexity index is 554. The lowest BCUT2D eigenvalue weighted by atomic mass is 9.45. The Labute approximate surface area is 154 Å². The fraction of sp³-hybridized carbons (Fsp3) is 0.905. The van der Waals surface area contributed by atoms with Crippen molar-refractivity contribution in [2.75, 3.05) is 13.2 Å². The summed E-state index contributed by atoms with van der Waals surface area (Å²) in [7, 11) is 0. The number of fused-ring (bicyclic) bond motifs is 6. The van der Waals surface area contributed by atoms with E-state index in [1.807, 2.05) is 0 Å². The van der Waals surface area contributed by atoms with E-state index in [1.54, 1.807) is 0 Å². The van der Waals surface area contributed by atoms with Crippen molar-refractivity contribution in [3.63, 3.8) is 0 Å². The summed E-state index contributed by atoms with van der Waals surface area (Å²) < 4.78 is 12.6. The molecule has 1 heterocycles. The summed E-state index contributed by atoms with van der Waals surface area (Å²) in [4.78, 5) is 0.359. The third-order valence-corrected chi connectivity index (χ3v) is 9.96. The molecule has 4 fully saturated rings. The second-order valence-electron chi connectivity index (χ2n) is 9.59. The van der Waals surface area contributed by atoms with Crippen LogP contribution in [0.3, 0.4) is 0 Å². The van der Waals surface area contributed by atoms with Crippen molar-refractivity contribution in [2.45, 2.75) is 69.4 Å². The van der Waals surface area contributed by atoms with Gasteiger partial charge in [-0.05, 0) is 74.0 Å². The fourth-order valence-corrected chi connectivity index (χ4v) is 8.89. The van der Waals surface area contributed by atoms with Gasteiger partial charge in [0.2, 0.25) is 0 Å². The molecule has 4 aliphatic carbocycles. The van der Waals surface area contributed by atoms with Gasteiger partial charge in [0, 0.05) is 5.41 Å². The first kappa shape index (κ1) is 16.3. The highest BCUT2D eigenvalue weighted by Crippen LogP contribution is 2.70. The largest absolute Gasteiger partial charge is 0.346 e. The van der Waals surface area contributed by atoms with Gasteiger partial charge < -0.3 is 9.47 Å². The van der Waals surface area contributed by atoms with Crippen LogP contribution in [0, 0.1) is 34.5 Å². The summed E-state index contributed by atoms with van der Waals surface area (Å²) in [5.74, 6) is 3.08. The van der Waals surface area contributed by atoms with Gasteiger partial charge in [0.1, 0.15) is 0 Å². The first-order valence-corrected chi connectivity index (χ1v) is 11.0. The number of halogens is 1. The molecule has 3 heteroatoms. The number of hydrogen-bond acceptors (Lipinski definition) is 2. The average molecular weight is 395 g/mol. The van der Waals surface area contributed by atoms with Crippen LogP contribution in [-0.2, 0) is 9.47 Å². The molecule has 5 rings (SSSR count). The van der Waals surface area contributed by atoms with E-state index in [0.717, 1.165) is 36.9 Å². The van der Waals surface area contributed by atoms with Crippen molar-refractivity contribution >= 4 is 15.9 Å². The van der Waals surface area contributed by atoms with Gasteiger partial charge in [-0.2, -0.15) is 0 Å². The Morgan fingerprint density at radius 2 is 1.79 bits per heavy atom. The third-order valence-electron chi connectivity index (χ3n) is 8.99. The van der Waals surface area contributed by atoms with Crippen LogP contribution in [-0.4, -0.2) is 23.8 Å². The molecule has 7 atom stereocenters. The fourth-order valence-electron chi connectivity index (χ4n) is 7.70. The minimum absolute atomic E-state index is 0.187. The molecule has 1 saturated heterocycles. The molecule has 0 aromatic carbocycles. The van der Waals surface area contributed by atoms with E-state index in [9.17, 15) is 0 Å². The van der Waals surface area contributed by atoms with Crippen molar-refractivity contribution in [3.8, 4) is 0 Å². The molecule has 0 radical (unpaired) electrons. The van der Waals surface area contributed by atoms with Gasteiger partial charge in [-0.25, -0.2) is 0 Å². The van der Waals surface area contributed by atoms with Gasteiger partial charge in [-0.3, -0.25) is 0 Å². The minimum atomic E-state index is -0.354. The average Bonchev–Trinajstić information content (AvgIpc) is 3.15. The van der Waals surface area contributed by atoms with Gasteiger partial charge in [-0.1, -0.05) is 41.9 Å². The summed E-state index contributed by atoms with van der Waals surface area (Å²) in [6.07, 6.45) is 14.3. The van der Waals surface area contributed by atoms with Crippen molar-refractivity contribution in [2.24, 2.45) is 34.5 Å². The Balaban J connectivity index is 1.51. The van der Waals surface area contributed by atoms with Crippen LogP contribution in [0.5, 0.6) is 0 Å². The topological polar surface area (TPSA) is 18.5 Å². The highest BCUT2D eigenvalue weighted by molar-refractivity contribution is 9.09. The molecule has 24 heavy (non-hydrogen) atoms. The summed E-state index contributed by atoms with van der Waals surface area (Å²) in [6, 6.07) is 0. The molecule has 0 amide bonds. The smallest absolute Gasteiger partial charge is 0.186 e. The monoisotopic (exact) mass is 394 g/mol. The van der Waals surface area contributed by atoms with E-state index in [4.69, 9.17) is 9.47 Å². The lowest BCUT2D eigenvalue weighted by Crippen LogP contribution is -2.57. The van der Waals surface area contributed by atoms with Crippen molar-refractivity contribution in [3.05, 3.63) is 12.2 Å². The maximum absolute atomic E-state index is 6.32. The molecule has 3 saturated carbocycles. The zero-order valence-electron chi connectivity index (χ0n) is 15.1. The molecular formula is C21H31BrO2. The maximum Gasteiger partial charge on any atom is 0.186 e. The molecule has 0 bridgehead atoms. The molecule has 134 valence electrons. The lowest BCUT2D eigenvalue weighted by molar-refractivity contribution is -0.243. The number of rotatable bonds is 0. The predicted octanol–water partition coefficient (Wildman–Crippen LogP) is 5.31. The Hall–Kier alpha value is 0.140. The molecule has 1 aliphatic heterocycles. The maximum atomic E-state index is 6.32. The van der Waals surface area contributed by atoms with E-state index < -0.39 is 0 Å². The van der Waals surface area contributed by atoms with E-state index in [2.05, 4.69) is 41.9 Å². The summed E-state index contributed by atoms with van der Waals surface area (Å²) in [6.45, 7) is 6.63. The highest BCUT2D eigenvalue weighted by Gasteiger charge is 2.70. The second-order valence-corrected chi connectivity index (χ2v) is 10.7.